The third-order valence-electron chi connectivity index (χ3n) is 2.33. The summed E-state index contributed by atoms with van der Waals surface area (Å²) in [5.41, 5.74) is 3.13. The summed E-state index contributed by atoms with van der Waals surface area (Å²) in [5.74, 6) is 1.29. The fraction of sp³-hybridized carbons (Fsp3) is 0.727. The molecule has 15 heavy (non-hydrogen) atoms. The first-order chi connectivity index (χ1) is 7.34. The second kappa shape index (κ2) is 8.13. The van der Waals surface area contributed by atoms with Crippen LogP contribution in [0.2, 0.25) is 0 Å². The third-order valence-corrected chi connectivity index (χ3v) is 4.02. The van der Waals surface area contributed by atoms with Crippen molar-refractivity contribution in [3.8, 4) is 0 Å². The molecule has 0 bridgehead atoms. The number of thiazole rings is 1. The minimum Gasteiger partial charge on any atom is -0.316 e. The Morgan fingerprint density at radius 2 is 2.27 bits per heavy atom. The van der Waals surface area contributed by atoms with E-state index in [2.05, 4.69) is 23.5 Å². The van der Waals surface area contributed by atoms with E-state index in [-0.39, 0.29) is 0 Å². The van der Waals surface area contributed by atoms with Crippen molar-refractivity contribution in [3.05, 3.63) is 16.1 Å². The summed E-state index contributed by atoms with van der Waals surface area (Å²) in [7, 11) is 0. The first-order valence-electron chi connectivity index (χ1n) is 5.43. The molecular formula is C11H20N2S2. The zero-order chi connectivity index (χ0) is 10.9. The van der Waals surface area contributed by atoms with Gasteiger partial charge >= 0.3 is 0 Å². The first kappa shape index (κ1) is 13.0. The maximum absolute atomic E-state index is 4.24. The van der Waals surface area contributed by atoms with Gasteiger partial charge in [-0.1, -0.05) is 0 Å². The van der Waals surface area contributed by atoms with Crippen LogP contribution >= 0.6 is 23.1 Å². The molecule has 1 heterocycles. The van der Waals surface area contributed by atoms with E-state index in [9.17, 15) is 0 Å². The topological polar surface area (TPSA) is 24.9 Å². The van der Waals surface area contributed by atoms with Gasteiger partial charge in [-0.2, -0.15) is 11.8 Å². The predicted molar refractivity (Wildman–Crippen MR) is 71.0 cm³/mol. The molecular weight excluding hydrogens is 224 g/mol. The highest BCUT2D eigenvalue weighted by atomic mass is 32.2. The number of aromatic nitrogens is 1. The van der Waals surface area contributed by atoms with Gasteiger partial charge in [0.1, 0.15) is 0 Å². The molecule has 0 saturated heterocycles. The fourth-order valence-corrected chi connectivity index (χ4v) is 2.66. The standard InChI is InChI=1S/C11H20N2S2/c1-10-11(15-9-13-10)5-7-12-6-3-4-8-14-2/h9,12H,3-8H2,1-2H3. The first-order valence-corrected chi connectivity index (χ1v) is 7.70. The Morgan fingerprint density at radius 3 is 2.93 bits per heavy atom. The number of aryl methyl sites for hydroxylation is 1. The lowest BCUT2D eigenvalue weighted by molar-refractivity contribution is 0.643. The summed E-state index contributed by atoms with van der Waals surface area (Å²) in [4.78, 5) is 5.67. The van der Waals surface area contributed by atoms with Gasteiger partial charge in [-0.15, -0.1) is 11.3 Å². The zero-order valence-corrected chi connectivity index (χ0v) is 11.2. The lowest BCUT2D eigenvalue weighted by Gasteiger charge is -2.03. The van der Waals surface area contributed by atoms with Crippen molar-refractivity contribution in [3.63, 3.8) is 0 Å². The molecule has 0 unspecified atom stereocenters. The maximum atomic E-state index is 4.24. The minimum absolute atomic E-state index is 1.09. The molecule has 0 fully saturated rings. The molecule has 0 radical (unpaired) electrons. The number of hydrogen-bond acceptors (Lipinski definition) is 4. The molecule has 1 aromatic rings. The van der Waals surface area contributed by atoms with Crippen LogP contribution in [0.15, 0.2) is 5.51 Å². The van der Waals surface area contributed by atoms with E-state index in [4.69, 9.17) is 0 Å². The average molecular weight is 244 g/mol. The number of thioether (sulfide) groups is 1. The van der Waals surface area contributed by atoms with Crippen molar-refractivity contribution in [2.75, 3.05) is 25.1 Å². The van der Waals surface area contributed by atoms with Crippen LogP contribution in [0.25, 0.3) is 0 Å². The largest absolute Gasteiger partial charge is 0.316 e. The van der Waals surface area contributed by atoms with Crippen LogP contribution in [0.1, 0.15) is 23.4 Å². The van der Waals surface area contributed by atoms with E-state index in [1.807, 2.05) is 17.3 Å². The molecule has 0 saturated carbocycles. The van der Waals surface area contributed by atoms with E-state index < -0.39 is 0 Å². The van der Waals surface area contributed by atoms with Gasteiger partial charge < -0.3 is 5.32 Å². The summed E-state index contributed by atoms with van der Waals surface area (Å²) in [6.45, 7) is 4.32. The van der Waals surface area contributed by atoms with Crippen LogP contribution in [0.4, 0.5) is 0 Å². The van der Waals surface area contributed by atoms with Crippen molar-refractivity contribution in [2.45, 2.75) is 26.2 Å². The fourth-order valence-electron chi connectivity index (χ4n) is 1.39. The van der Waals surface area contributed by atoms with Crippen molar-refractivity contribution in [2.24, 2.45) is 0 Å². The van der Waals surface area contributed by atoms with E-state index >= 15 is 0 Å². The third kappa shape index (κ3) is 5.54. The Balaban J connectivity index is 1.96. The molecule has 1 aromatic heterocycles. The Bertz CT molecular complexity index is 261. The van der Waals surface area contributed by atoms with Crippen LogP contribution < -0.4 is 5.32 Å². The molecule has 1 N–H and O–H groups in total. The molecule has 0 aromatic carbocycles. The van der Waals surface area contributed by atoms with Gasteiger partial charge in [-0.05, 0) is 44.7 Å². The highest BCUT2D eigenvalue weighted by molar-refractivity contribution is 7.98. The van der Waals surface area contributed by atoms with Crippen LogP contribution in [0.5, 0.6) is 0 Å². The lowest BCUT2D eigenvalue weighted by atomic mass is 10.3. The van der Waals surface area contributed by atoms with Gasteiger partial charge in [-0.3, -0.25) is 0 Å². The van der Waals surface area contributed by atoms with Gasteiger partial charge in [-0.25, -0.2) is 4.98 Å². The van der Waals surface area contributed by atoms with Gasteiger partial charge in [0, 0.05) is 11.4 Å². The van der Waals surface area contributed by atoms with Crippen molar-refractivity contribution in [1.29, 1.82) is 0 Å². The molecule has 0 atom stereocenters. The van der Waals surface area contributed by atoms with E-state index in [0.29, 0.717) is 0 Å². The van der Waals surface area contributed by atoms with Crippen LogP contribution in [0, 0.1) is 6.92 Å². The Hall–Kier alpha value is -0.0600. The highest BCUT2D eigenvalue weighted by Gasteiger charge is 1.99. The number of nitrogens with zero attached hydrogens (tertiary/aromatic N) is 1. The number of hydrogen-bond donors (Lipinski definition) is 1. The van der Waals surface area contributed by atoms with Crippen LogP contribution in [-0.2, 0) is 6.42 Å². The maximum Gasteiger partial charge on any atom is 0.0797 e. The molecule has 2 nitrogen and oxygen atoms in total. The second-order valence-corrected chi connectivity index (χ2v) is 5.49. The molecule has 0 spiro atoms. The Kier molecular flexibility index (Phi) is 7.05. The molecule has 0 aliphatic rings. The Morgan fingerprint density at radius 1 is 1.40 bits per heavy atom. The van der Waals surface area contributed by atoms with Crippen molar-refractivity contribution in [1.82, 2.24) is 10.3 Å². The van der Waals surface area contributed by atoms with E-state index in [0.717, 1.165) is 19.5 Å². The van der Waals surface area contributed by atoms with E-state index in [1.165, 1.54) is 29.2 Å². The number of nitrogens with one attached hydrogen (secondary N) is 1. The molecule has 0 amide bonds. The van der Waals surface area contributed by atoms with Crippen LogP contribution in [0.3, 0.4) is 0 Å². The number of rotatable bonds is 8. The van der Waals surface area contributed by atoms with Gasteiger partial charge in [0.05, 0.1) is 11.2 Å². The number of unbranched alkanes of at least 4 members (excludes halogenated alkanes) is 1. The van der Waals surface area contributed by atoms with Gasteiger partial charge in [0.2, 0.25) is 0 Å². The predicted octanol–water partition coefficient (Wildman–Crippen LogP) is 2.73. The minimum atomic E-state index is 1.09. The van der Waals surface area contributed by atoms with E-state index in [1.54, 1.807) is 11.3 Å². The quantitative estimate of drug-likeness (QED) is 0.712. The second-order valence-electron chi connectivity index (χ2n) is 3.56. The van der Waals surface area contributed by atoms with Crippen molar-refractivity contribution < 1.29 is 0 Å². The zero-order valence-electron chi connectivity index (χ0n) is 9.58. The molecule has 0 aliphatic carbocycles. The summed E-state index contributed by atoms with van der Waals surface area (Å²) < 4.78 is 0. The molecule has 1 rings (SSSR count). The summed E-state index contributed by atoms with van der Waals surface area (Å²) in [6.07, 6.45) is 5.91. The van der Waals surface area contributed by atoms with Crippen molar-refractivity contribution >= 4 is 23.1 Å². The molecule has 86 valence electrons. The van der Waals surface area contributed by atoms with Crippen LogP contribution in [-0.4, -0.2) is 30.1 Å². The average Bonchev–Trinajstić information content (AvgIpc) is 2.63. The lowest BCUT2D eigenvalue weighted by Crippen LogP contribution is -2.18. The monoisotopic (exact) mass is 244 g/mol. The summed E-state index contributed by atoms with van der Waals surface area (Å²) in [6, 6.07) is 0. The Labute approximate surface area is 101 Å². The van der Waals surface area contributed by atoms with Gasteiger partial charge in [0.15, 0.2) is 0 Å². The smallest absolute Gasteiger partial charge is 0.0797 e. The summed E-state index contributed by atoms with van der Waals surface area (Å²) >= 11 is 3.70. The summed E-state index contributed by atoms with van der Waals surface area (Å²) in [5, 5.41) is 3.48. The highest BCUT2D eigenvalue weighted by Crippen LogP contribution is 2.11. The molecule has 4 heteroatoms. The van der Waals surface area contributed by atoms with Gasteiger partial charge in [0.25, 0.3) is 0 Å². The normalized spacial score (nSPS) is 10.8. The SMILES string of the molecule is CSCCCCNCCc1scnc1C. The molecule has 0 aliphatic heterocycles.